The summed E-state index contributed by atoms with van der Waals surface area (Å²) in [4.78, 5) is 16.3. The van der Waals surface area contributed by atoms with E-state index >= 15 is 0 Å². The standard InChI is InChI=1S/C3H4O4P2/c4-8(5)2-1-3-9(6)7/h1-2H,3H2/p+2. The fourth-order valence-electron chi connectivity index (χ4n) is 0.227. The van der Waals surface area contributed by atoms with Gasteiger partial charge in [0.2, 0.25) is 0 Å². The Morgan fingerprint density at radius 3 is 2.22 bits per heavy atom. The van der Waals surface area contributed by atoms with Crippen molar-refractivity contribution < 1.29 is 18.9 Å². The van der Waals surface area contributed by atoms with E-state index in [1.54, 1.807) is 0 Å². The van der Waals surface area contributed by atoms with Crippen molar-refractivity contribution in [2.45, 2.75) is 0 Å². The van der Waals surface area contributed by atoms with Gasteiger partial charge in [-0.3, -0.25) is 0 Å². The van der Waals surface area contributed by atoms with Crippen LogP contribution in [0.25, 0.3) is 0 Å². The molecule has 50 valence electrons. The zero-order valence-electron chi connectivity index (χ0n) is 4.47. The highest BCUT2D eigenvalue weighted by Crippen LogP contribution is 2.17. The highest BCUT2D eigenvalue weighted by atomic mass is 31.1. The van der Waals surface area contributed by atoms with E-state index in [9.17, 15) is 9.13 Å². The normalized spacial score (nSPS) is 14.0. The topological polar surface area (TPSA) is 74.6 Å². The lowest BCUT2D eigenvalue weighted by molar-refractivity contribution is 0.506. The largest absolute Gasteiger partial charge is 0.538 e. The first-order valence-electron chi connectivity index (χ1n) is 2.08. The van der Waals surface area contributed by atoms with E-state index < -0.39 is 16.1 Å². The molecule has 0 spiro atoms. The minimum absolute atomic E-state index is 0.0586. The first kappa shape index (κ1) is 8.86. The van der Waals surface area contributed by atoms with Crippen LogP contribution in [0.15, 0.2) is 11.9 Å². The fourth-order valence-corrected chi connectivity index (χ4v) is 0.965. The molecule has 0 fully saturated rings. The number of hydrogen-bond donors (Lipinski definition) is 2. The van der Waals surface area contributed by atoms with Gasteiger partial charge in [0, 0.05) is 6.08 Å². The Bertz CT molecular complexity index is 152. The van der Waals surface area contributed by atoms with Crippen LogP contribution in [0.1, 0.15) is 0 Å². The molecule has 0 aliphatic rings. The van der Waals surface area contributed by atoms with Crippen LogP contribution < -0.4 is 0 Å². The van der Waals surface area contributed by atoms with Gasteiger partial charge in [0.25, 0.3) is 0 Å². The smallest absolute Gasteiger partial charge is 0.160 e. The Morgan fingerprint density at radius 1 is 1.33 bits per heavy atom. The molecule has 0 radical (unpaired) electrons. The van der Waals surface area contributed by atoms with Crippen LogP contribution in [0.3, 0.4) is 0 Å². The molecule has 0 saturated carbocycles. The second-order valence-electron chi connectivity index (χ2n) is 1.22. The molecule has 0 amide bonds. The third-order valence-corrected chi connectivity index (χ3v) is 1.48. The van der Waals surface area contributed by atoms with Gasteiger partial charge >= 0.3 is 16.1 Å². The Morgan fingerprint density at radius 2 is 1.89 bits per heavy atom. The first-order valence-corrected chi connectivity index (χ1v) is 4.76. The second kappa shape index (κ2) is 4.71. The molecular formula is C3H6O4P2+2. The summed E-state index contributed by atoms with van der Waals surface area (Å²) in [5.74, 6) is 0.985. The number of rotatable bonds is 3. The average molecular weight is 168 g/mol. The highest BCUT2D eigenvalue weighted by molar-refractivity contribution is 7.42. The van der Waals surface area contributed by atoms with Crippen LogP contribution in [0.4, 0.5) is 0 Å². The molecule has 0 heterocycles. The van der Waals surface area contributed by atoms with Crippen molar-refractivity contribution in [3.05, 3.63) is 11.9 Å². The van der Waals surface area contributed by atoms with E-state index in [4.69, 9.17) is 9.79 Å². The van der Waals surface area contributed by atoms with Gasteiger partial charge < -0.3 is 0 Å². The number of allylic oxidation sites excluding steroid dienone is 1. The van der Waals surface area contributed by atoms with Gasteiger partial charge in [-0.1, -0.05) is 0 Å². The summed E-state index contributed by atoms with van der Waals surface area (Å²) in [6.45, 7) is 0. The van der Waals surface area contributed by atoms with E-state index in [1.807, 2.05) is 0 Å². The Kier molecular flexibility index (Phi) is 4.64. The molecule has 0 aromatic heterocycles. The minimum Gasteiger partial charge on any atom is -0.160 e. The van der Waals surface area contributed by atoms with Crippen molar-refractivity contribution in [1.29, 1.82) is 0 Å². The maximum absolute atomic E-state index is 9.90. The zero-order chi connectivity index (χ0) is 7.28. The third-order valence-electron chi connectivity index (χ3n) is 0.495. The van der Waals surface area contributed by atoms with Gasteiger partial charge in [-0.2, -0.15) is 9.79 Å². The summed E-state index contributed by atoms with van der Waals surface area (Å²) >= 11 is 0. The van der Waals surface area contributed by atoms with Crippen LogP contribution in [0.2, 0.25) is 0 Å². The molecule has 2 unspecified atom stereocenters. The van der Waals surface area contributed by atoms with Gasteiger partial charge in [0.15, 0.2) is 12.0 Å². The van der Waals surface area contributed by atoms with Crippen LogP contribution in [0.5, 0.6) is 0 Å². The van der Waals surface area contributed by atoms with Crippen molar-refractivity contribution in [3.63, 3.8) is 0 Å². The molecular weight excluding hydrogens is 162 g/mol. The molecule has 9 heavy (non-hydrogen) atoms. The van der Waals surface area contributed by atoms with Crippen molar-refractivity contribution in [2.75, 3.05) is 6.16 Å². The van der Waals surface area contributed by atoms with Gasteiger partial charge in [0.05, 0.1) is 0 Å². The lowest BCUT2D eigenvalue weighted by Crippen LogP contribution is -1.64. The van der Waals surface area contributed by atoms with Gasteiger partial charge in [0.1, 0.15) is 0 Å². The van der Waals surface area contributed by atoms with Crippen LogP contribution in [-0.2, 0) is 9.13 Å². The second-order valence-corrected chi connectivity index (χ2v) is 3.19. The Balaban J connectivity index is 3.48. The molecule has 0 aromatic rings. The third kappa shape index (κ3) is 7.86. The summed E-state index contributed by atoms with van der Waals surface area (Å²) in [5.41, 5.74) is 0. The summed E-state index contributed by atoms with van der Waals surface area (Å²) in [7, 11) is -4.51. The molecule has 6 heteroatoms. The number of hydrogen-bond acceptors (Lipinski definition) is 2. The average Bonchev–Trinajstić information content (AvgIpc) is 1.63. The molecule has 4 nitrogen and oxygen atoms in total. The fraction of sp³-hybridized carbons (Fsp3) is 0.333. The van der Waals surface area contributed by atoms with Gasteiger partial charge in [-0.15, -0.1) is 0 Å². The molecule has 2 atom stereocenters. The SMILES string of the molecule is O=[P+](O)C=CC[P+](=O)O. The van der Waals surface area contributed by atoms with Crippen molar-refractivity contribution in [1.82, 2.24) is 0 Å². The predicted molar refractivity (Wildman–Crippen MR) is 33.7 cm³/mol. The molecule has 2 N–H and O–H groups in total. The van der Waals surface area contributed by atoms with E-state index in [0.717, 1.165) is 5.82 Å². The summed E-state index contributed by atoms with van der Waals surface area (Å²) in [6, 6.07) is 0. The quantitative estimate of drug-likeness (QED) is 0.615. The summed E-state index contributed by atoms with van der Waals surface area (Å²) < 4.78 is 19.8. The molecule has 0 aromatic carbocycles. The van der Waals surface area contributed by atoms with Gasteiger partial charge in [-0.25, -0.2) is 0 Å². The molecule has 0 aliphatic heterocycles. The lowest BCUT2D eigenvalue weighted by atomic mass is 10.8. The van der Waals surface area contributed by atoms with Gasteiger partial charge in [-0.05, 0) is 9.13 Å². The zero-order valence-corrected chi connectivity index (χ0v) is 6.26. The summed E-state index contributed by atoms with van der Waals surface area (Å²) in [5, 5.41) is 0. The summed E-state index contributed by atoms with van der Waals surface area (Å²) in [6.07, 6.45) is 1.15. The van der Waals surface area contributed by atoms with E-state index in [0.29, 0.717) is 0 Å². The molecule has 0 aliphatic carbocycles. The van der Waals surface area contributed by atoms with Crippen molar-refractivity contribution in [3.8, 4) is 0 Å². The van der Waals surface area contributed by atoms with Crippen molar-refractivity contribution in [2.24, 2.45) is 0 Å². The molecule has 0 rings (SSSR count). The maximum atomic E-state index is 9.90. The van der Waals surface area contributed by atoms with Crippen molar-refractivity contribution >= 4 is 16.1 Å². The van der Waals surface area contributed by atoms with Crippen LogP contribution >= 0.6 is 16.1 Å². The molecule has 0 bridgehead atoms. The van der Waals surface area contributed by atoms with E-state index in [2.05, 4.69) is 0 Å². The van der Waals surface area contributed by atoms with Crippen LogP contribution in [0, 0.1) is 0 Å². The van der Waals surface area contributed by atoms with E-state index in [1.165, 1.54) is 6.08 Å². The van der Waals surface area contributed by atoms with Crippen LogP contribution in [-0.4, -0.2) is 15.9 Å². The van der Waals surface area contributed by atoms with E-state index in [-0.39, 0.29) is 6.16 Å². The predicted octanol–water partition coefficient (Wildman–Crippen LogP) is 0.969. The Labute approximate surface area is 54.0 Å². The first-order chi connectivity index (χ1) is 4.13. The Hall–Kier alpha value is -0.140. The maximum Gasteiger partial charge on any atom is 0.538 e. The molecule has 0 saturated heterocycles. The lowest BCUT2D eigenvalue weighted by Gasteiger charge is -1.61. The minimum atomic E-state index is -2.30. The highest BCUT2D eigenvalue weighted by Gasteiger charge is 2.08. The monoisotopic (exact) mass is 168 g/mol.